The second-order valence-corrected chi connectivity index (χ2v) is 3.10. The fourth-order valence-corrected chi connectivity index (χ4v) is 0.983. The molecule has 0 aliphatic heterocycles. The Labute approximate surface area is 99.7 Å². The van der Waals surface area contributed by atoms with Crippen molar-refractivity contribution in [1.29, 1.82) is 0 Å². The van der Waals surface area contributed by atoms with E-state index in [1.807, 2.05) is 0 Å². The average Bonchev–Trinajstić information content (AvgIpc) is 2.77. The monoisotopic (exact) mass is 264 g/mol. The van der Waals surface area contributed by atoms with Crippen molar-refractivity contribution in [2.24, 2.45) is 0 Å². The first-order chi connectivity index (χ1) is 8.50. The molecule has 1 amide bonds. The number of alkyl halides is 2. The third kappa shape index (κ3) is 4.45. The minimum absolute atomic E-state index is 0.000812. The minimum Gasteiger partial charge on any atom is -0.475 e. The molecule has 0 aliphatic rings. The lowest BCUT2D eigenvalue weighted by Gasteiger charge is -2.03. The number of amides is 1. The van der Waals surface area contributed by atoms with Crippen LogP contribution in [0.1, 0.15) is 21.0 Å². The van der Waals surface area contributed by atoms with Crippen LogP contribution >= 0.6 is 0 Å². The van der Waals surface area contributed by atoms with Gasteiger partial charge in [0.1, 0.15) is 6.61 Å². The Morgan fingerprint density at radius 2 is 2.28 bits per heavy atom. The van der Waals surface area contributed by atoms with Crippen LogP contribution in [0.3, 0.4) is 0 Å². The lowest BCUT2D eigenvalue weighted by atomic mass is 10.3. The van der Waals surface area contributed by atoms with Gasteiger partial charge < -0.3 is 19.7 Å². The fraction of sp³-hybridized carbons (Fsp3) is 0.444. The summed E-state index contributed by atoms with van der Waals surface area (Å²) in [6.07, 6.45) is -2.56. The molecule has 100 valence electrons. The number of carboxylic acid groups (broad SMARTS) is 1. The summed E-state index contributed by atoms with van der Waals surface area (Å²) in [5.41, 5.74) is -0.207. The van der Waals surface area contributed by atoms with Crippen LogP contribution in [0.25, 0.3) is 0 Å². The SMILES string of the molecule is O=C(NCCOCC(F)F)c1cc(C(=O)O)on1. The third-order valence-corrected chi connectivity index (χ3v) is 1.73. The lowest BCUT2D eigenvalue weighted by molar-refractivity contribution is 0.0188. The maximum absolute atomic E-state index is 11.7. The number of carbonyl (C=O) groups is 2. The molecular formula is C9H10F2N2O5. The van der Waals surface area contributed by atoms with Crippen molar-refractivity contribution in [2.75, 3.05) is 19.8 Å². The molecule has 0 atom stereocenters. The van der Waals surface area contributed by atoms with Gasteiger partial charge >= 0.3 is 5.97 Å². The van der Waals surface area contributed by atoms with Crippen molar-refractivity contribution in [2.45, 2.75) is 6.43 Å². The molecule has 2 N–H and O–H groups in total. The van der Waals surface area contributed by atoms with Gasteiger partial charge in [-0.05, 0) is 0 Å². The Balaban J connectivity index is 2.30. The second-order valence-electron chi connectivity index (χ2n) is 3.10. The van der Waals surface area contributed by atoms with Crippen LogP contribution in [-0.2, 0) is 4.74 Å². The van der Waals surface area contributed by atoms with Crippen LogP contribution in [0.4, 0.5) is 8.78 Å². The van der Waals surface area contributed by atoms with Crippen LogP contribution in [0.5, 0.6) is 0 Å². The molecule has 0 saturated carbocycles. The zero-order chi connectivity index (χ0) is 13.5. The summed E-state index contributed by atoms with van der Waals surface area (Å²) in [6, 6.07) is 0.956. The van der Waals surface area contributed by atoms with Crippen LogP contribution in [0.15, 0.2) is 10.6 Å². The molecule has 1 rings (SSSR count). The number of ether oxygens (including phenoxy) is 1. The van der Waals surface area contributed by atoms with E-state index in [1.165, 1.54) is 0 Å². The van der Waals surface area contributed by atoms with Crippen LogP contribution in [0.2, 0.25) is 0 Å². The highest BCUT2D eigenvalue weighted by atomic mass is 19.3. The van der Waals surface area contributed by atoms with E-state index in [-0.39, 0.29) is 18.8 Å². The molecule has 0 aliphatic carbocycles. The molecule has 0 radical (unpaired) electrons. The number of hydrogen-bond acceptors (Lipinski definition) is 5. The molecular weight excluding hydrogens is 254 g/mol. The predicted molar refractivity (Wildman–Crippen MR) is 52.6 cm³/mol. The highest BCUT2D eigenvalue weighted by molar-refractivity contribution is 5.94. The van der Waals surface area contributed by atoms with Crippen molar-refractivity contribution in [3.8, 4) is 0 Å². The normalized spacial score (nSPS) is 10.6. The zero-order valence-corrected chi connectivity index (χ0v) is 9.06. The van der Waals surface area contributed by atoms with Gasteiger partial charge in [-0.1, -0.05) is 5.16 Å². The van der Waals surface area contributed by atoms with Gasteiger partial charge in [0.25, 0.3) is 12.3 Å². The molecule has 0 aromatic carbocycles. The molecule has 0 bridgehead atoms. The van der Waals surface area contributed by atoms with Crippen LogP contribution < -0.4 is 5.32 Å². The zero-order valence-electron chi connectivity index (χ0n) is 9.06. The number of nitrogens with zero attached hydrogens (tertiary/aromatic N) is 1. The van der Waals surface area contributed by atoms with Crippen LogP contribution in [0, 0.1) is 0 Å². The summed E-state index contributed by atoms with van der Waals surface area (Å²) in [5.74, 6) is -2.48. The van der Waals surface area contributed by atoms with Gasteiger partial charge in [0, 0.05) is 12.6 Å². The Morgan fingerprint density at radius 1 is 1.56 bits per heavy atom. The van der Waals surface area contributed by atoms with Crippen molar-refractivity contribution >= 4 is 11.9 Å². The van der Waals surface area contributed by atoms with E-state index in [9.17, 15) is 18.4 Å². The number of carbonyl (C=O) groups excluding carboxylic acids is 1. The second kappa shape index (κ2) is 6.64. The van der Waals surface area contributed by atoms with Gasteiger partial charge in [0.2, 0.25) is 5.76 Å². The van der Waals surface area contributed by atoms with E-state index in [2.05, 4.69) is 19.7 Å². The topological polar surface area (TPSA) is 102 Å². The van der Waals surface area contributed by atoms with Crippen LogP contribution in [-0.4, -0.2) is 48.3 Å². The highest BCUT2D eigenvalue weighted by Gasteiger charge is 2.16. The maximum Gasteiger partial charge on any atom is 0.374 e. The van der Waals surface area contributed by atoms with E-state index in [1.54, 1.807) is 0 Å². The smallest absolute Gasteiger partial charge is 0.374 e. The Hall–Kier alpha value is -2.03. The first-order valence-electron chi connectivity index (χ1n) is 4.85. The quantitative estimate of drug-likeness (QED) is 0.690. The summed E-state index contributed by atoms with van der Waals surface area (Å²) >= 11 is 0. The third-order valence-electron chi connectivity index (χ3n) is 1.73. The first-order valence-corrected chi connectivity index (χ1v) is 4.85. The van der Waals surface area contributed by atoms with Gasteiger partial charge in [-0.25, -0.2) is 13.6 Å². The van der Waals surface area contributed by atoms with E-state index in [0.29, 0.717) is 0 Å². The first kappa shape index (κ1) is 14.0. The number of aromatic carboxylic acids is 1. The van der Waals surface area contributed by atoms with Gasteiger partial charge in [0.15, 0.2) is 5.69 Å². The van der Waals surface area contributed by atoms with E-state index >= 15 is 0 Å². The van der Waals surface area contributed by atoms with E-state index < -0.39 is 30.7 Å². The fourth-order valence-electron chi connectivity index (χ4n) is 0.983. The molecule has 1 aromatic rings. The predicted octanol–water partition coefficient (Wildman–Crippen LogP) is 0.384. The number of hydrogen-bond donors (Lipinski definition) is 2. The molecule has 1 heterocycles. The number of rotatable bonds is 7. The van der Waals surface area contributed by atoms with E-state index in [4.69, 9.17) is 5.11 Å². The summed E-state index contributed by atoms with van der Waals surface area (Å²) in [5, 5.41) is 14.1. The Bertz CT molecular complexity index is 421. The largest absolute Gasteiger partial charge is 0.475 e. The highest BCUT2D eigenvalue weighted by Crippen LogP contribution is 2.03. The lowest BCUT2D eigenvalue weighted by Crippen LogP contribution is -2.28. The molecule has 1 aromatic heterocycles. The summed E-state index contributed by atoms with van der Waals surface area (Å²) in [4.78, 5) is 21.8. The van der Waals surface area contributed by atoms with Gasteiger partial charge in [-0.3, -0.25) is 4.79 Å². The average molecular weight is 264 g/mol. The molecule has 0 spiro atoms. The summed E-state index contributed by atoms with van der Waals surface area (Å²) in [7, 11) is 0. The van der Waals surface area contributed by atoms with Gasteiger partial charge in [-0.15, -0.1) is 0 Å². The number of aromatic nitrogens is 1. The molecule has 0 saturated heterocycles. The minimum atomic E-state index is -2.56. The van der Waals surface area contributed by atoms with Crippen molar-refractivity contribution in [1.82, 2.24) is 10.5 Å². The number of carboxylic acids is 1. The molecule has 9 heteroatoms. The Morgan fingerprint density at radius 3 is 2.83 bits per heavy atom. The number of halogens is 2. The molecule has 0 unspecified atom stereocenters. The van der Waals surface area contributed by atoms with E-state index in [0.717, 1.165) is 6.07 Å². The molecule has 0 fully saturated rings. The Kier molecular flexibility index (Phi) is 5.18. The maximum atomic E-state index is 11.7. The van der Waals surface area contributed by atoms with Gasteiger partial charge in [0.05, 0.1) is 6.61 Å². The number of nitrogens with one attached hydrogen (secondary N) is 1. The van der Waals surface area contributed by atoms with Crippen molar-refractivity contribution in [3.05, 3.63) is 17.5 Å². The standard InChI is InChI=1S/C9H10F2N2O5/c10-7(11)4-17-2-1-12-8(14)5-3-6(9(15)16)18-13-5/h3,7H,1-2,4H2,(H,12,14)(H,15,16). The van der Waals surface area contributed by atoms with Crippen molar-refractivity contribution < 1.29 is 32.7 Å². The summed E-state index contributed by atoms with van der Waals surface area (Å²) in [6.45, 7) is -0.788. The van der Waals surface area contributed by atoms with Crippen molar-refractivity contribution in [3.63, 3.8) is 0 Å². The molecule has 18 heavy (non-hydrogen) atoms. The summed E-state index contributed by atoms with van der Waals surface area (Å²) < 4.78 is 32.2. The van der Waals surface area contributed by atoms with Gasteiger partial charge in [-0.2, -0.15) is 0 Å². The molecule has 7 nitrogen and oxygen atoms in total.